The summed E-state index contributed by atoms with van der Waals surface area (Å²) in [5.74, 6) is -1.09. The standard InChI is InChI=1S/C12H18O5/c1-2-16-12(15)17-10-7-3-5-9(11(13)14)6-4-8-10/h3,7,9-10H,2,4-6,8H2,1H3,(H,13,14)/b7-3+. The van der Waals surface area contributed by atoms with Crippen molar-refractivity contribution in [1.29, 1.82) is 0 Å². The van der Waals surface area contributed by atoms with Gasteiger partial charge in [0.1, 0.15) is 6.10 Å². The fourth-order valence-corrected chi connectivity index (χ4v) is 1.77. The highest BCUT2D eigenvalue weighted by molar-refractivity contribution is 5.70. The molecule has 5 heteroatoms. The largest absolute Gasteiger partial charge is 0.508 e. The van der Waals surface area contributed by atoms with Gasteiger partial charge in [0.25, 0.3) is 0 Å². The Kier molecular flexibility index (Phi) is 5.52. The fourth-order valence-electron chi connectivity index (χ4n) is 1.77. The number of allylic oxidation sites excluding steroid dienone is 1. The Bertz CT molecular complexity index is 297. The van der Waals surface area contributed by atoms with E-state index in [1.807, 2.05) is 0 Å². The van der Waals surface area contributed by atoms with E-state index in [1.54, 1.807) is 19.1 Å². The number of aliphatic carboxylic acids is 1. The van der Waals surface area contributed by atoms with E-state index >= 15 is 0 Å². The van der Waals surface area contributed by atoms with Gasteiger partial charge in [-0.1, -0.05) is 6.08 Å². The quantitative estimate of drug-likeness (QED) is 0.607. The first-order valence-corrected chi connectivity index (χ1v) is 5.86. The summed E-state index contributed by atoms with van der Waals surface area (Å²) in [6.45, 7) is 2.00. The predicted octanol–water partition coefficient (Wildman–Crippen LogP) is 2.36. The van der Waals surface area contributed by atoms with Crippen molar-refractivity contribution < 1.29 is 24.2 Å². The van der Waals surface area contributed by atoms with Crippen LogP contribution in [0.1, 0.15) is 32.6 Å². The number of carboxylic acid groups (broad SMARTS) is 1. The maximum absolute atomic E-state index is 11.1. The Morgan fingerprint density at radius 3 is 2.82 bits per heavy atom. The third-order valence-corrected chi connectivity index (χ3v) is 2.67. The summed E-state index contributed by atoms with van der Waals surface area (Å²) in [7, 11) is 0. The molecule has 1 aliphatic carbocycles. The minimum Gasteiger partial charge on any atom is -0.481 e. The molecule has 0 aliphatic heterocycles. The van der Waals surface area contributed by atoms with E-state index in [9.17, 15) is 9.59 Å². The maximum Gasteiger partial charge on any atom is 0.508 e. The van der Waals surface area contributed by atoms with Crippen molar-refractivity contribution in [3.8, 4) is 0 Å². The second kappa shape index (κ2) is 6.93. The predicted molar refractivity (Wildman–Crippen MR) is 60.6 cm³/mol. The normalized spacial score (nSPS) is 26.4. The summed E-state index contributed by atoms with van der Waals surface area (Å²) >= 11 is 0. The van der Waals surface area contributed by atoms with Crippen LogP contribution in [0.25, 0.3) is 0 Å². The van der Waals surface area contributed by atoms with Crippen molar-refractivity contribution in [3.05, 3.63) is 12.2 Å². The van der Waals surface area contributed by atoms with Crippen molar-refractivity contribution in [3.63, 3.8) is 0 Å². The van der Waals surface area contributed by atoms with Crippen LogP contribution < -0.4 is 0 Å². The third-order valence-electron chi connectivity index (χ3n) is 2.67. The first-order valence-electron chi connectivity index (χ1n) is 5.86. The molecular weight excluding hydrogens is 224 g/mol. The van der Waals surface area contributed by atoms with Crippen molar-refractivity contribution in [1.82, 2.24) is 0 Å². The van der Waals surface area contributed by atoms with Crippen LogP contribution in [-0.2, 0) is 14.3 Å². The van der Waals surface area contributed by atoms with Gasteiger partial charge in [-0.15, -0.1) is 0 Å². The molecule has 0 amide bonds. The monoisotopic (exact) mass is 242 g/mol. The van der Waals surface area contributed by atoms with Gasteiger partial charge in [-0.2, -0.15) is 0 Å². The van der Waals surface area contributed by atoms with Gasteiger partial charge in [-0.3, -0.25) is 4.79 Å². The van der Waals surface area contributed by atoms with Crippen molar-refractivity contribution in [2.24, 2.45) is 5.92 Å². The van der Waals surface area contributed by atoms with E-state index in [0.717, 1.165) is 6.42 Å². The number of carbonyl (C=O) groups excluding carboxylic acids is 1. The maximum atomic E-state index is 11.1. The SMILES string of the molecule is CCOC(=O)OC1/C=C/CC(C(=O)O)CCC1. The number of carboxylic acids is 1. The average molecular weight is 242 g/mol. The topological polar surface area (TPSA) is 72.8 Å². The molecule has 0 radical (unpaired) electrons. The molecule has 0 aromatic carbocycles. The lowest BCUT2D eigenvalue weighted by Gasteiger charge is -2.18. The van der Waals surface area contributed by atoms with Gasteiger partial charge in [-0.25, -0.2) is 4.79 Å². The molecule has 1 N–H and O–H groups in total. The lowest BCUT2D eigenvalue weighted by Crippen LogP contribution is -2.20. The lowest BCUT2D eigenvalue weighted by atomic mass is 9.94. The summed E-state index contributed by atoms with van der Waals surface area (Å²) in [5.41, 5.74) is 0. The van der Waals surface area contributed by atoms with Gasteiger partial charge in [0, 0.05) is 0 Å². The lowest BCUT2D eigenvalue weighted by molar-refractivity contribution is -0.142. The van der Waals surface area contributed by atoms with Crippen LogP contribution in [0.5, 0.6) is 0 Å². The van der Waals surface area contributed by atoms with E-state index in [4.69, 9.17) is 9.84 Å². The number of rotatable bonds is 3. The van der Waals surface area contributed by atoms with Crippen LogP contribution in [0.15, 0.2) is 12.2 Å². The first kappa shape index (κ1) is 13.5. The summed E-state index contributed by atoms with van der Waals surface area (Å²) < 4.78 is 9.75. The number of hydrogen-bond donors (Lipinski definition) is 1. The van der Waals surface area contributed by atoms with E-state index < -0.39 is 12.1 Å². The molecule has 0 saturated heterocycles. The molecule has 2 atom stereocenters. The Labute approximate surface area is 100 Å². The Morgan fingerprint density at radius 2 is 2.18 bits per heavy atom. The highest BCUT2D eigenvalue weighted by atomic mass is 16.7. The number of hydrogen-bond acceptors (Lipinski definition) is 4. The smallest absolute Gasteiger partial charge is 0.481 e. The number of carbonyl (C=O) groups is 2. The van der Waals surface area contributed by atoms with Crippen molar-refractivity contribution in [2.75, 3.05) is 6.61 Å². The zero-order chi connectivity index (χ0) is 12.7. The van der Waals surface area contributed by atoms with Gasteiger partial charge in [-0.05, 0) is 38.7 Å². The zero-order valence-electron chi connectivity index (χ0n) is 9.93. The van der Waals surface area contributed by atoms with E-state index in [2.05, 4.69) is 4.74 Å². The second-order valence-corrected chi connectivity index (χ2v) is 3.97. The zero-order valence-corrected chi connectivity index (χ0v) is 9.93. The molecule has 0 heterocycles. The minimum atomic E-state index is -0.764. The highest BCUT2D eigenvalue weighted by Crippen LogP contribution is 2.20. The molecule has 0 saturated carbocycles. The van der Waals surface area contributed by atoms with Gasteiger partial charge in [0.2, 0.25) is 0 Å². The van der Waals surface area contributed by atoms with Crippen LogP contribution in [-0.4, -0.2) is 29.9 Å². The van der Waals surface area contributed by atoms with Crippen LogP contribution in [0.4, 0.5) is 4.79 Å². The van der Waals surface area contributed by atoms with Crippen LogP contribution in [0.2, 0.25) is 0 Å². The second-order valence-electron chi connectivity index (χ2n) is 3.97. The molecule has 0 aromatic rings. The van der Waals surface area contributed by atoms with Gasteiger partial charge < -0.3 is 14.6 Å². The molecule has 2 unspecified atom stereocenters. The molecular formula is C12H18O5. The molecule has 0 spiro atoms. The third kappa shape index (κ3) is 4.89. The molecule has 5 nitrogen and oxygen atoms in total. The molecule has 1 aliphatic rings. The van der Waals surface area contributed by atoms with E-state index in [0.29, 0.717) is 19.3 Å². The summed E-state index contributed by atoms with van der Waals surface area (Å²) in [4.78, 5) is 21.9. The van der Waals surface area contributed by atoms with Crippen molar-refractivity contribution in [2.45, 2.75) is 38.7 Å². The average Bonchev–Trinajstić information content (AvgIpc) is 2.21. The summed E-state index contributed by atoms with van der Waals surface area (Å²) in [5, 5.41) is 8.90. The molecule has 0 fully saturated rings. The first-order chi connectivity index (χ1) is 8.13. The Morgan fingerprint density at radius 1 is 1.41 bits per heavy atom. The van der Waals surface area contributed by atoms with Gasteiger partial charge in [0.05, 0.1) is 12.5 Å². The van der Waals surface area contributed by atoms with Crippen molar-refractivity contribution >= 4 is 12.1 Å². The molecule has 0 aromatic heterocycles. The fraction of sp³-hybridized carbons (Fsp3) is 0.667. The van der Waals surface area contributed by atoms with Crippen LogP contribution in [0, 0.1) is 5.92 Å². The minimum absolute atomic E-state index is 0.288. The molecule has 1 rings (SSSR count). The van der Waals surface area contributed by atoms with Crippen LogP contribution >= 0.6 is 0 Å². The molecule has 96 valence electrons. The number of ether oxygens (including phenoxy) is 2. The van der Waals surface area contributed by atoms with E-state index in [1.165, 1.54) is 0 Å². The highest BCUT2D eigenvalue weighted by Gasteiger charge is 2.20. The Hall–Kier alpha value is -1.52. The Balaban J connectivity index is 2.45. The molecule has 17 heavy (non-hydrogen) atoms. The van der Waals surface area contributed by atoms with Crippen LogP contribution in [0.3, 0.4) is 0 Å². The van der Waals surface area contributed by atoms with E-state index in [-0.39, 0.29) is 18.6 Å². The summed E-state index contributed by atoms with van der Waals surface area (Å²) in [6.07, 6.45) is 5.00. The summed E-state index contributed by atoms with van der Waals surface area (Å²) in [6, 6.07) is 0. The molecule has 0 bridgehead atoms. The van der Waals surface area contributed by atoms with Gasteiger partial charge in [0.15, 0.2) is 0 Å². The van der Waals surface area contributed by atoms with Gasteiger partial charge >= 0.3 is 12.1 Å².